The first-order chi connectivity index (χ1) is 20.7. The number of sulfonamides is 1. The highest BCUT2D eigenvalue weighted by Crippen LogP contribution is 2.34. The van der Waals surface area contributed by atoms with E-state index in [1.165, 1.54) is 29.2 Å². The predicted octanol–water partition coefficient (Wildman–Crippen LogP) is 5.34. The molecule has 0 spiro atoms. The largest absolute Gasteiger partial charge is 0.477 e. The maximum absolute atomic E-state index is 13.9. The molecule has 1 atom stereocenters. The highest BCUT2D eigenvalue weighted by molar-refractivity contribution is 7.89. The van der Waals surface area contributed by atoms with Crippen molar-refractivity contribution in [1.82, 2.24) is 9.62 Å². The molecule has 1 heterocycles. The van der Waals surface area contributed by atoms with Gasteiger partial charge in [0.25, 0.3) is 5.91 Å². The minimum Gasteiger partial charge on any atom is -0.477 e. The SMILES string of the molecule is O=C(NCCc1ccccc1)[C@@H]1CN(C(=O)CN(Cc2ccccc2Cl)S(=O)(=O)c2ccc(Cl)cc2)c2ccccc2O1. The van der Waals surface area contributed by atoms with E-state index >= 15 is 0 Å². The van der Waals surface area contributed by atoms with Crippen LogP contribution in [0.15, 0.2) is 108 Å². The number of carbonyl (C=O) groups is 2. The molecule has 222 valence electrons. The molecule has 0 radical (unpaired) electrons. The average Bonchev–Trinajstić information content (AvgIpc) is 3.01. The lowest BCUT2D eigenvalue weighted by Crippen LogP contribution is -2.53. The number of nitrogens with one attached hydrogen (secondary N) is 1. The van der Waals surface area contributed by atoms with Crippen molar-refractivity contribution in [3.8, 4) is 5.75 Å². The second-order valence-electron chi connectivity index (χ2n) is 9.92. The number of halogens is 2. The van der Waals surface area contributed by atoms with Crippen molar-refractivity contribution in [3.63, 3.8) is 0 Å². The monoisotopic (exact) mass is 637 g/mol. The number of benzene rings is 4. The number of hydrogen-bond acceptors (Lipinski definition) is 5. The molecule has 0 aliphatic carbocycles. The van der Waals surface area contributed by atoms with Crippen LogP contribution in [0.2, 0.25) is 10.0 Å². The number of ether oxygens (including phenoxy) is 1. The van der Waals surface area contributed by atoms with Crippen LogP contribution in [0, 0.1) is 0 Å². The summed E-state index contributed by atoms with van der Waals surface area (Å²) in [5.74, 6) is -0.545. The van der Waals surface area contributed by atoms with Crippen LogP contribution in [-0.2, 0) is 32.6 Å². The normalized spacial score (nSPS) is 14.6. The fraction of sp³-hybridized carbons (Fsp3) is 0.188. The zero-order valence-electron chi connectivity index (χ0n) is 23.0. The molecule has 0 unspecified atom stereocenters. The van der Waals surface area contributed by atoms with Gasteiger partial charge in [-0.05, 0) is 60.0 Å². The maximum atomic E-state index is 13.9. The smallest absolute Gasteiger partial charge is 0.262 e. The second kappa shape index (κ2) is 13.6. The summed E-state index contributed by atoms with van der Waals surface area (Å²) < 4.78 is 34.7. The lowest BCUT2D eigenvalue weighted by Gasteiger charge is -2.35. The van der Waals surface area contributed by atoms with Crippen molar-refractivity contribution in [2.24, 2.45) is 0 Å². The summed E-state index contributed by atoms with van der Waals surface area (Å²) >= 11 is 12.4. The fourth-order valence-corrected chi connectivity index (χ4v) is 6.42. The Morgan fingerprint density at radius 3 is 2.30 bits per heavy atom. The number of nitrogens with zero attached hydrogens (tertiary/aromatic N) is 2. The van der Waals surface area contributed by atoms with E-state index in [0.29, 0.717) is 40.0 Å². The Hall–Kier alpha value is -3.89. The van der Waals surface area contributed by atoms with Gasteiger partial charge in [0.1, 0.15) is 5.75 Å². The van der Waals surface area contributed by atoms with E-state index < -0.39 is 28.6 Å². The number of carbonyl (C=O) groups excluding carboxylic acids is 2. The van der Waals surface area contributed by atoms with Crippen LogP contribution in [0.4, 0.5) is 5.69 Å². The topological polar surface area (TPSA) is 96.0 Å². The van der Waals surface area contributed by atoms with E-state index in [4.69, 9.17) is 27.9 Å². The Morgan fingerprint density at radius 1 is 0.884 bits per heavy atom. The maximum Gasteiger partial charge on any atom is 0.262 e. The number of fused-ring (bicyclic) bond motifs is 1. The van der Waals surface area contributed by atoms with E-state index in [1.54, 1.807) is 48.5 Å². The van der Waals surface area contributed by atoms with Crippen LogP contribution in [0.1, 0.15) is 11.1 Å². The van der Waals surface area contributed by atoms with Gasteiger partial charge in [-0.15, -0.1) is 0 Å². The molecular formula is C32H29Cl2N3O5S. The van der Waals surface area contributed by atoms with Gasteiger partial charge >= 0.3 is 0 Å². The molecule has 1 aliphatic rings. The van der Waals surface area contributed by atoms with Crippen molar-refractivity contribution in [3.05, 3.63) is 124 Å². The first-order valence-electron chi connectivity index (χ1n) is 13.6. The molecule has 11 heteroatoms. The molecule has 0 bridgehead atoms. The lowest BCUT2D eigenvalue weighted by atomic mass is 10.1. The van der Waals surface area contributed by atoms with Crippen LogP contribution in [0.5, 0.6) is 5.75 Å². The standard InChI is InChI=1S/C32H29Cl2N3O5S/c33-25-14-16-26(17-15-25)43(40,41)36(20-24-10-4-5-11-27(24)34)22-31(38)37-21-30(42-29-13-7-6-12-28(29)37)32(39)35-19-18-23-8-2-1-3-9-23/h1-17,30H,18-22H2,(H,35,39)/t30-/m0/s1. The number of rotatable bonds is 10. The summed E-state index contributed by atoms with van der Waals surface area (Å²) in [4.78, 5) is 28.4. The minimum absolute atomic E-state index is 0.0187. The number of hydrogen-bond donors (Lipinski definition) is 1. The van der Waals surface area contributed by atoms with Crippen LogP contribution in [0.3, 0.4) is 0 Å². The molecule has 4 aromatic carbocycles. The van der Waals surface area contributed by atoms with Crippen molar-refractivity contribution in [2.45, 2.75) is 24.0 Å². The first-order valence-corrected chi connectivity index (χ1v) is 15.8. The van der Waals surface area contributed by atoms with Crippen molar-refractivity contribution < 1.29 is 22.7 Å². The van der Waals surface area contributed by atoms with E-state index in [9.17, 15) is 18.0 Å². The molecule has 0 fully saturated rings. The predicted molar refractivity (Wildman–Crippen MR) is 167 cm³/mol. The summed E-state index contributed by atoms with van der Waals surface area (Å²) in [6, 6.07) is 29.2. The summed E-state index contributed by atoms with van der Waals surface area (Å²) in [6.07, 6.45) is -0.350. The first kappa shape index (κ1) is 30.6. The Kier molecular flexibility index (Phi) is 9.67. The molecule has 0 saturated carbocycles. The van der Waals surface area contributed by atoms with E-state index in [-0.39, 0.29) is 23.9 Å². The van der Waals surface area contributed by atoms with E-state index in [0.717, 1.165) is 9.87 Å². The fourth-order valence-electron chi connectivity index (χ4n) is 4.73. The van der Waals surface area contributed by atoms with Gasteiger partial charge in [-0.1, -0.05) is 83.9 Å². The van der Waals surface area contributed by atoms with Gasteiger partial charge < -0.3 is 15.0 Å². The van der Waals surface area contributed by atoms with Gasteiger partial charge in [0, 0.05) is 23.1 Å². The molecule has 0 saturated heterocycles. The highest BCUT2D eigenvalue weighted by Gasteiger charge is 2.36. The summed E-state index contributed by atoms with van der Waals surface area (Å²) in [6.45, 7) is -0.351. The van der Waals surface area contributed by atoms with Gasteiger partial charge in [-0.2, -0.15) is 4.31 Å². The highest BCUT2D eigenvalue weighted by atomic mass is 35.5. The quantitative estimate of drug-likeness (QED) is 0.253. The molecule has 43 heavy (non-hydrogen) atoms. The molecule has 8 nitrogen and oxygen atoms in total. The number of amides is 2. The van der Waals surface area contributed by atoms with E-state index in [1.807, 2.05) is 30.3 Å². The zero-order chi connectivity index (χ0) is 30.4. The third kappa shape index (κ3) is 7.37. The van der Waals surface area contributed by atoms with Crippen LogP contribution in [-0.4, -0.2) is 50.3 Å². The molecule has 2 amide bonds. The molecular weight excluding hydrogens is 609 g/mol. The Labute approximate surface area is 260 Å². The average molecular weight is 639 g/mol. The summed E-state index contributed by atoms with van der Waals surface area (Å²) in [5.41, 5.74) is 2.06. The van der Waals surface area contributed by atoms with Crippen LogP contribution < -0.4 is 15.0 Å². The van der Waals surface area contributed by atoms with Crippen molar-refractivity contribution >= 4 is 50.7 Å². The van der Waals surface area contributed by atoms with E-state index in [2.05, 4.69) is 5.32 Å². The van der Waals surface area contributed by atoms with Gasteiger partial charge in [-0.3, -0.25) is 9.59 Å². The third-order valence-corrected chi connectivity index (χ3v) is 9.42. The second-order valence-corrected chi connectivity index (χ2v) is 12.7. The van der Waals surface area contributed by atoms with Gasteiger partial charge in [0.05, 0.1) is 23.7 Å². The Morgan fingerprint density at radius 2 is 1.56 bits per heavy atom. The summed E-state index contributed by atoms with van der Waals surface area (Å²) in [5, 5.41) is 3.64. The van der Waals surface area contributed by atoms with Crippen molar-refractivity contribution in [2.75, 3.05) is 24.5 Å². The molecule has 5 rings (SSSR count). The minimum atomic E-state index is -4.15. The molecule has 1 N–H and O–H groups in total. The third-order valence-electron chi connectivity index (χ3n) is 6.99. The van der Waals surface area contributed by atoms with Crippen molar-refractivity contribution in [1.29, 1.82) is 0 Å². The van der Waals surface area contributed by atoms with Gasteiger partial charge in [0.15, 0.2) is 6.10 Å². The van der Waals surface area contributed by atoms with Crippen LogP contribution >= 0.6 is 23.2 Å². The van der Waals surface area contributed by atoms with Gasteiger partial charge in [0.2, 0.25) is 15.9 Å². The molecule has 1 aliphatic heterocycles. The number of para-hydroxylation sites is 2. The molecule has 0 aromatic heterocycles. The Bertz CT molecular complexity index is 1700. The summed E-state index contributed by atoms with van der Waals surface area (Å²) in [7, 11) is -4.15. The Balaban J connectivity index is 1.38. The zero-order valence-corrected chi connectivity index (χ0v) is 25.4. The number of anilines is 1. The molecule has 4 aromatic rings. The lowest BCUT2D eigenvalue weighted by molar-refractivity contribution is -0.128. The van der Waals surface area contributed by atoms with Gasteiger partial charge in [-0.25, -0.2) is 8.42 Å². The van der Waals surface area contributed by atoms with Crippen LogP contribution in [0.25, 0.3) is 0 Å².